The van der Waals surface area contributed by atoms with Crippen molar-refractivity contribution in [2.45, 2.75) is 32.1 Å². The highest BCUT2D eigenvalue weighted by molar-refractivity contribution is 5.79. The standard InChI is InChI=1S/C17H20N2O3/c20-17(18-12-13-5-2-1-3-6-13)22-15-8-9-16-14(11-15)7-4-10-19(16)21/h4,7-11,13H,1-3,5-6,12H2,(H,18,20). The number of amides is 1. The van der Waals surface area contributed by atoms with Crippen LogP contribution in [0.15, 0.2) is 36.5 Å². The Bertz CT molecular complexity index is 666. The van der Waals surface area contributed by atoms with E-state index in [-0.39, 0.29) is 0 Å². The van der Waals surface area contributed by atoms with Crippen LogP contribution in [0, 0.1) is 11.1 Å². The largest absolute Gasteiger partial charge is 0.618 e. The Hall–Kier alpha value is -2.30. The van der Waals surface area contributed by atoms with Crippen LogP contribution in [0.25, 0.3) is 10.9 Å². The number of pyridine rings is 1. The number of nitrogens with zero attached hydrogens (tertiary/aromatic N) is 1. The molecule has 1 N–H and O–H groups in total. The number of fused-ring (bicyclic) bond motifs is 1. The molecule has 3 rings (SSSR count). The number of hydrogen-bond donors (Lipinski definition) is 1. The fourth-order valence-corrected chi connectivity index (χ4v) is 3.00. The fraction of sp³-hybridized carbons (Fsp3) is 0.412. The number of ether oxygens (including phenoxy) is 1. The normalized spacial score (nSPS) is 15.6. The fourth-order valence-electron chi connectivity index (χ4n) is 3.00. The summed E-state index contributed by atoms with van der Waals surface area (Å²) in [7, 11) is 0. The van der Waals surface area contributed by atoms with Crippen molar-refractivity contribution in [1.82, 2.24) is 5.32 Å². The Balaban J connectivity index is 1.59. The highest BCUT2D eigenvalue weighted by atomic mass is 16.6. The maximum atomic E-state index is 11.9. The average molecular weight is 300 g/mol. The predicted molar refractivity (Wildman–Crippen MR) is 83.5 cm³/mol. The van der Waals surface area contributed by atoms with Crippen LogP contribution in [-0.2, 0) is 0 Å². The van der Waals surface area contributed by atoms with Crippen molar-refractivity contribution in [3.8, 4) is 5.75 Å². The van der Waals surface area contributed by atoms with Crippen molar-refractivity contribution in [3.05, 3.63) is 41.7 Å². The number of aromatic nitrogens is 1. The molecule has 1 heterocycles. The minimum absolute atomic E-state index is 0.434. The first-order valence-corrected chi connectivity index (χ1v) is 7.80. The van der Waals surface area contributed by atoms with Crippen LogP contribution in [0.3, 0.4) is 0 Å². The first kappa shape index (κ1) is 14.6. The second-order valence-electron chi connectivity index (χ2n) is 5.83. The Labute approximate surface area is 129 Å². The van der Waals surface area contributed by atoms with Crippen LogP contribution in [0.1, 0.15) is 32.1 Å². The van der Waals surface area contributed by atoms with E-state index in [2.05, 4.69) is 5.32 Å². The van der Waals surface area contributed by atoms with Crippen molar-refractivity contribution in [2.75, 3.05) is 6.54 Å². The molecule has 0 saturated heterocycles. The van der Waals surface area contributed by atoms with E-state index in [4.69, 9.17) is 4.74 Å². The zero-order valence-corrected chi connectivity index (χ0v) is 12.5. The van der Waals surface area contributed by atoms with Crippen LogP contribution >= 0.6 is 0 Å². The lowest BCUT2D eigenvalue weighted by atomic mass is 9.89. The van der Waals surface area contributed by atoms with Crippen LogP contribution in [0.4, 0.5) is 4.79 Å². The number of benzene rings is 1. The van der Waals surface area contributed by atoms with Crippen LogP contribution in [-0.4, -0.2) is 12.6 Å². The van der Waals surface area contributed by atoms with Gasteiger partial charge in [0.1, 0.15) is 5.75 Å². The molecule has 1 aromatic heterocycles. The van der Waals surface area contributed by atoms with E-state index >= 15 is 0 Å². The predicted octanol–water partition coefficient (Wildman–Crippen LogP) is 3.14. The van der Waals surface area contributed by atoms with Gasteiger partial charge in [-0.1, -0.05) is 19.3 Å². The Morgan fingerprint density at radius 2 is 2.09 bits per heavy atom. The second-order valence-corrected chi connectivity index (χ2v) is 5.83. The van der Waals surface area contributed by atoms with Gasteiger partial charge in [0.05, 0.1) is 5.39 Å². The summed E-state index contributed by atoms with van der Waals surface area (Å²) in [5.41, 5.74) is 0.553. The number of nitrogens with one attached hydrogen (secondary N) is 1. The molecule has 1 amide bonds. The van der Waals surface area contributed by atoms with Gasteiger partial charge in [0.2, 0.25) is 5.52 Å². The van der Waals surface area contributed by atoms with Crippen molar-refractivity contribution in [3.63, 3.8) is 0 Å². The summed E-state index contributed by atoms with van der Waals surface area (Å²) in [4.78, 5) is 11.9. The SMILES string of the molecule is O=C(NCC1CCCCC1)Oc1ccc2c(ccc[n+]2[O-])c1. The lowest BCUT2D eigenvalue weighted by molar-refractivity contribution is -0.577. The maximum Gasteiger partial charge on any atom is 0.412 e. The summed E-state index contributed by atoms with van der Waals surface area (Å²) in [6, 6.07) is 8.48. The Morgan fingerprint density at radius 3 is 2.91 bits per heavy atom. The van der Waals surface area contributed by atoms with E-state index in [1.165, 1.54) is 38.3 Å². The molecule has 0 spiro atoms. The second kappa shape index (κ2) is 6.64. The molecular weight excluding hydrogens is 280 g/mol. The summed E-state index contributed by atoms with van der Waals surface area (Å²) in [6.45, 7) is 0.674. The molecule has 0 radical (unpaired) electrons. The molecular formula is C17H20N2O3. The molecule has 1 aliphatic carbocycles. The van der Waals surface area contributed by atoms with Gasteiger partial charge in [-0.3, -0.25) is 0 Å². The van der Waals surface area contributed by atoms with E-state index in [1.807, 2.05) is 6.07 Å². The summed E-state index contributed by atoms with van der Waals surface area (Å²) in [5, 5.41) is 15.2. The van der Waals surface area contributed by atoms with Gasteiger partial charge in [0.15, 0.2) is 6.20 Å². The first-order valence-electron chi connectivity index (χ1n) is 7.80. The van der Waals surface area contributed by atoms with E-state index < -0.39 is 6.09 Å². The molecule has 1 aromatic carbocycles. The molecule has 0 unspecified atom stereocenters. The molecule has 22 heavy (non-hydrogen) atoms. The lowest BCUT2D eigenvalue weighted by Crippen LogP contribution is -2.32. The van der Waals surface area contributed by atoms with Crippen molar-refractivity contribution >= 4 is 17.0 Å². The maximum absolute atomic E-state index is 11.9. The minimum Gasteiger partial charge on any atom is -0.618 e. The molecule has 0 aliphatic heterocycles. The summed E-state index contributed by atoms with van der Waals surface area (Å²) < 4.78 is 6.09. The van der Waals surface area contributed by atoms with Crippen LogP contribution < -0.4 is 14.8 Å². The molecule has 116 valence electrons. The Morgan fingerprint density at radius 1 is 1.27 bits per heavy atom. The zero-order chi connectivity index (χ0) is 15.4. The molecule has 5 nitrogen and oxygen atoms in total. The van der Waals surface area contributed by atoms with Gasteiger partial charge in [-0.2, -0.15) is 4.73 Å². The number of rotatable bonds is 3. The van der Waals surface area contributed by atoms with Gasteiger partial charge < -0.3 is 15.3 Å². The molecule has 2 aromatic rings. The third-order valence-electron chi connectivity index (χ3n) is 4.20. The van der Waals surface area contributed by atoms with E-state index in [9.17, 15) is 10.0 Å². The van der Waals surface area contributed by atoms with Crippen molar-refractivity contribution < 1.29 is 14.3 Å². The van der Waals surface area contributed by atoms with E-state index in [0.717, 1.165) is 10.1 Å². The monoisotopic (exact) mass is 300 g/mol. The lowest BCUT2D eigenvalue weighted by Gasteiger charge is -2.21. The van der Waals surface area contributed by atoms with Gasteiger partial charge in [-0.25, -0.2) is 4.79 Å². The zero-order valence-electron chi connectivity index (χ0n) is 12.5. The third kappa shape index (κ3) is 3.47. The molecule has 1 fully saturated rings. The number of hydrogen-bond acceptors (Lipinski definition) is 3. The summed E-state index contributed by atoms with van der Waals surface area (Å²) in [6.07, 6.45) is 7.18. The van der Waals surface area contributed by atoms with Gasteiger partial charge in [0.25, 0.3) is 0 Å². The summed E-state index contributed by atoms with van der Waals surface area (Å²) >= 11 is 0. The molecule has 0 atom stereocenters. The smallest absolute Gasteiger partial charge is 0.412 e. The number of carbonyl (C=O) groups is 1. The quantitative estimate of drug-likeness (QED) is 0.699. The third-order valence-corrected chi connectivity index (χ3v) is 4.20. The van der Waals surface area contributed by atoms with Gasteiger partial charge in [-0.05, 0) is 37.0 Å². The molecule has 1 saturated carbocycles. The van der Waals surface area contributed by atoms with E-state index in [1.54, 1.807) is 24.3 Å². The Kier molecular flexibility index (Phi) is 4.42. The first-order chi connectivity index (χ1) is 10.7. The van der Waals surface area contributed by atoms with Crippen molar-refractivity contribution in [1.29, 1.82) is 0 Å². The molecule has 1 aliphatic rings. The highest BCUT2D eigenvalue weighted by Gasteiger charge is 2.15. The molecule has 5 heteroatoms. The topological polar surface area (TPSA) is 65.3 Å². The van der Waals surface area contributed by atoms with Gasteiger partial charge in [-0.15, -0.1) is 0 Å². The van der Waals surface area contributed by atoms with Gasteiger partial charge in [0, 0.05) is 18.7 Å². The van der Waals surface area contributed by atoms with E-state index in [0.29, 0.717) is 23.7 Å². The minimum atomic E-state index is -0.434. The molecule has 0 bridgehead atoms. The van der Waals surface area contributed by atoms with Crippen LogP contribution in [0.2, 0.25) is 0 Å². The van der Waals surface area contributed by atoms with Crippen LogP contribution in [0.5, 0.6) is 5.75 Å². The van der Waals surface area contributed by atoms with Crippen molar-refractivity contribution in [2.24, 2.45) is 5.92 Å². The average Bonchev–Trinajstić information content (AvgIpc) is 2.54. The summed E-state index contributed by atoms with van der Waals surface area (Å²) in [5.74, 6) is 1.01. The van der Waals surface area contributed by atoms with Gasteiger partial charge >= 0.3 is 6.09 Å². The number of carbonyl (C=O) groups excluding carboxylic acids is 1. The highest BCUT2D eigenvalue weighted by Crippen LogP contribution is 2.23.